The first-order valence-corrected chi connectivity index (χ1v) is 6.85. The minimum Gasteiger partial charge on any atom is -0.358 e. The minimum absolute atomic E-state index is 0.00831. The van der Waals surface area contributed by atoms with Gasteiger partial charge in [-0.05, 0) is 51.7 Å². The molecule has 0 aliphatic carbocycles. The Balaban J connectivity index is 2.35. The van der Waals surface area contributed by atoms with Crippen LogP contribution in [0.3, 0.4) is 0 Å². The summed E-state index contributed by atoms with van der Waals surface area (Å²) in [6, 6.07) is 0.00831. The van der Waals surface area contributed by atoms with E-state index in [2.05, 4.69) is 22.5 Å². The average Bonchev–Trinajstić information content (AvgIpc) is 2.37. The van der Waals surface area contributed by atoms with Crippen LogP contribution in [0.4, 0.5) is 0 Å². The molecule has 2 unspecified atom stereocenters. The van der Waals surface area contributed by atoms with Gasteiger partial charge < -0.3 is 10.6 Å². The van der Waals surface area contributed by atoms with Crippen molar-refractivity contribution in [2.45, 2.75) is 39.2 Å². The third-order valence-corrected chi connectivity index (χ3v) is 3.58. The monoisotopic (exact) mass is 241 g/mol. The first-order chi connectivity index (χ1) is 8.19. The van der Waals surface area contributed by atoms with Crippen molar-refractivity contribution in [3.05, 3.63) is 0 Å². The fraction of sp³-hybridized carbons (Fsp3) is 0.923. The molecule has 0 aromatic carbocycles. The van der Waals surface area contributed by atoms with Crippen molar-refractivity contribution in [3.8, 4) is 0 Å². The van der Waals surface area contributed by atoms with Crippen LogP contribution in [0.2, 0.25) is 0 Å². The zero-order chi connectivity index (χ0) is 12.7. The van der Waals surface area contributed by atoms with E-state index in [1.807, 2.05) is 6.92 Å². The number of nitrogens with one attached hydrogen (secondary N) is 2. The van der Waals surface area contributed by atoms with E-state index in [4.69, 9.17) is 0 Å². The molecule has 0 radical (unpaired) electrons. The molecule has 100 valence electrons. The molecule has 1 amide bonds. The predicted molar refractivity (Wildman–Crippen MR) is 71.0 cm³/mol. The van der Waals surface area contributed by atoms with Crippen molar-refractivity contribution < 1.29 is 4.79 Å². The van der Waals surface area contributed by atoms with Gasteiger partial charge in [0.25, 0.3) is 0 Å². The molecule has 1 rings (SSSR count). The molecular formula is C13H27N3O. The summed E-state index contributed by atoms with van der Waals surface area (Å²) in [7, 11) is 1.71. The smallest absolute Gasteiger partial charge is 0.236 e. The Morgan fingerprint density at radius 2 is 2.29 bits per heavy atom. The molecule has 1 aliphatic heterocycles. The Morgan fingerprint density at radius 3 is 2.94 bits per heavy atom. The number of amides is 1. The molecule has 0 bridgehead atoms. The molecule has 0 aromatic heterocycles. The van der Waals surface area contributed by atoms with E-state index in [0.29, 0.717) is 5.92 Å². The first-order valence-electron chi connectivity index (χ1n) is 6.85. The van der Waals surface area contributed by atoms with Crippen molar-refractivity contribution >= 4 is 5.91 Å². The molecular weight excluding hydrogens is 214 g/mol. The van der Waals surface area contributed by atoms with Gasteiger partial charge in [-0.25, -0.2) is 0 Å². The Bertz CT molecular complexity index is 233. The fourth-order valence-corrected chi connectivity index (χ4v) is 2.47. The van der Waals surface area contributed by atoms with Crippen LogP contribution < -0.4 is 10.6 Å². The van der Waals surface area contributed by atoms with E-state index in [9.17, 15) is 4.79 Å². The van der Waals surface area contributed by atoms with Crippen LogP contribution in [0.1, 0.15) is 33.1 Å². The summed E-state index contributed by atoms with van der Waals surface area (Å²) in [6.07, 6.45) is 3.68. The number of likely N-dealkylation sites (tertiary alicyclic amines) is 1. The predicted octanol–water partition coefficient (Wildman–Crippen LogP) is 0.833. The molecule has 17 heavy (non-hydrogen) atoms. The number of carbonyl (C=O) groups is 1. The van der Waals surface area contributed by atoms with Gasteiger partial charge in [-0.1, -0.05) is 6.92 Å². The van der Waals surface area contributed by atoms with Crippen LogP contribution in [-0.2, 0) is 4.79 Å². The van der Waals surface area contributed by atoms with E-state index in [0.717, 1.165) is 26.2 Å². The van der Waals surface area contributed by atoms with Gasteiger partial charge in [-0.15, -0.1) is 0 Å². The van der Waals surface area contributed by atoms with Gasteiger partial charge in [0.2, 0.25) is 5.91 Å². The van der Waals surface area contributed by atoms with Crippen LogP contribution in [-0.4, -0.2) is 50.1 Å². The molecule has 0 aromatic rings. The molecule has 4 heteroatoms. The summed E-state index contributed by atoms with van der Waals surface area (Å²) in [6.45, 7) is 8.48. The maximum atomic E-state index is 11.6. The quantitative estimate of drug-likeness (QED) is 0.677. The van der Waals surface area contributed by atoms with Crippen molar-refractivity contribution in [2.75, 3.05) is 33.2 Å². The highest BCUT2D eigenvalue weighted by atomic mass is 16.2. The van der Waals surface area contributed by atoms with E-state index in [-0.39, 0.29) is 11.9 Å². The average molecular weight is 241 g/mol. The Kier molecular flexibility index (Phi) is 6.52. The zero-order valence-electron chi connectivity index (χ0n) is 11.5. The molecule has 4 nitrogen and oxygen atoms in total. The summed E-state index contributed by atoms with van der Waals surface area (Å²) in [5.41, 5.74) is 0. The lowest BCUT2D eigenvalue weighted by molar-refractivity contribution is -0.126. The summed E-state index contributed by atoms with van der Waals surface area (Å²) in [5.74, 6) is 0.828. The van der Waals surface area contributed by atoms with Gasteiger partial charge in [0, 0.05) is 13.6 Å². The Morgan fingerprint density at radius 1 is 1.53 bits per heavy atom. The molecule has 1 heterocycles. The van der Waals surface area contributed by atoms with Crippen LogP contribution >= 0.6 is 0 Å². The second-order valence-corrected chi connectivity index (χ2v) is 5.00. The largest absolute Gasteiger partial charge is 0.358 e. The highest BCUT2D eigenvalue weighted by Gasteiger charge is 2.26. The van der Waals surface area contributed by atoms with Crippen LogP contribution in [0.25, 0.3) is 0 Å². The van der Waals surface area contributed by atoms with Gasteiger partial charge in [-0.2, -0.15) is 0 Å². The highest BCUT2D eigenvalue weighted by molar-refractivity contribution is 5.80. The van der Waals surface area contributed by atoms with Gasteiger partial charge in [0.15, 0.2) is 0 Å². The van der Waals surface area contributed by atoms with Crippen molar-refractivity contribution in [3.63, 3.8) is 0 Å². The van der Waals surface area contributed by atoms with Crippen LogP contribution in [0.5, 0.6) is 0 Å². The normalized spacial score (nSPS) is 23.4. The number of carbonyl (C=O) groups excluding carboxylic acids is 1. The molecule has 0 saturated carbocycles. The number of piperidine rings is 1. The maximum absolute atomic E-state index is 11.6. The molecule has 1 saturated heterocycles. The molecule has 2 atom stereocenters. The number of likely N-dealkylation sites (N-methyl/N-ethyl adjacent to an activating group) is 1. The highest BCUT2D eigenvalue weighted by Crippen LogP contribution is 2.17. The standard InChI is InChI=1S/C13H27N3O/c1-4-7-15-9-12-6-5-8-16(10-12)11(2)13(17)14-3/h11-12,15H,4-10H2,1-3H3,(H,14,17). The van der Waals surface area contributed by atoms with E-state index in [1.54, 1.807) is 7.05 Å². The number of hydrogen-bond acceptors (Lipinski definition) is 3. The zero-order valence-corrected chi connectivity index (χ0v) is 11.5. The summed E-state index contributed by atoms with van der Waals surface area (Å²) < 4.78 is 0. The third kappa shape index (κ3) is 4.64. The summed E-state index contributed by atoms with van der Waals surface area (Å²) in [5, 5.41) is 6.21. The fourth-order valence-electron chi connectivity index (χ4n) is 2.47. The lowest BCUT2D eigenvalue weighted by atomic mass is 9.96. The summed E-state index contributed by atoms with van der Waals surface area (Å²) in [4.78, 5) is 13.9. The van der Waals surface area contributed by atoms with Gasteiger partial charge >= 0.3 is 0 Å². The van der Waals surface area contributed by atoms with Crippen molar-refractivity contribution in [2.24, 2.45) is 5.92 Å². The van der Waals surface area contributed by atoms with Gasteiger partial charge in [0.05, 0.1) is 6.04 Å². The first kappa shape index (κ1) is 14.5. The molecule has 1 fully saturated rings. The van der Waals surface area contributed by atoms with E-state index in [1.165, 1.54) is 19.3 Å². The molecule has 2 N–H and O–H groups in total. The Labute approximate surface area is 105 Å². The van der Waals surface area contributed by atoms with Crippen LogP contribution in [0, 0.1) is 5.92 Å². The second kappa shape index (κ2) is 7.67. The van der Waals surface area contributed by atoms with Crippen LogP contribution in [0.15, 0.2) is 0 Å². The lowest BCUT2D eigenvalue weighted by Crippen LogP contribution is -2.49. The molecule has 0 spiro atoms. The van der Waals surface area contributed by atoms with E-state index < -0.39 is 0 Å². The lowest BCUT2D eigenvalue weighted by Gasteiger charge is -2.36. The van der Waals surface area contributed by atoms with Gasteiger partial charge in [-0.3, -0.25) is 9.69 Å². The van der Waals surface area contributed by atoms with Crippen molar-refractivity contribution in [1.29, 1.82) is 0 Å². The topological polar surface area (TPSA) is 44.4 Å². The van der Waals surface area contributed by atoms with Gasteiger partial charge in [0.1, 0.15) is 0 Å². The number of rotatable bonds is 6. The maximum Gasteiger partial charge on any atom is 0.236 e. The summed E-state index contributed by atoms with van der Waals surface area (Å²) >= 11 is 0. The third-order valence-electron chi connectivity index (χ3n) is 3.58. The molecule has 1 aliphatic rings. The second-order valence-electron chi connectivity index (χ2n) is 5.00. The minimum atomic E-state index is 0.00831. The van der Waals surface area contributed by atoms with E-state index >= 15 is 0 Å². The SMILES string of the molecule is CCCNCC1CCCN(C(C)C(=O)NC)C1. The number of nitrogens with zero attached hydrogens (tertiary/aromatic N) is 1. The number of hydrogen-bond donors (Lipinski definition) is 2. The van der Waals surface area contributed by atoms with Crippen molar-refractivity contribution in [1.82, 2.24) is 15.5 Å². The Hall–Kier alpha value is -0.610.